The van der Waals surface area contributed by atoms with Crippen LogP contribution in [0.5, 0.6) is 17.4 Å². The molecule has 1 aromatic heterocycles. The number of nitrogens with one attached hydrogen (secondary N) is 2. The van der Waals surface area contributed by atoms with Gasteiger partial charge in [0.1, 0.15) is 12.1 Å². The van der Waals surface area contributed by atoms with Crippen molar-refractivity contribution in [2.45, 2.75) is 19.2 Å². The summed E-state index contributed by atoms with van der Waals surface area (Å²) in [5.74, 6) is -0.887. The highest BCUT2D eigenvalue weighted by Gasteiger charge is 2.32. The first-order chi connectivity index (χ1) is 19.0. The Morgan fingerprint density at radius 2 is 1.90 bits per heavy atom. The smallest absolute Gasteiger partial charge is 0.416 e. The molecule has 3 aromatic rings. The van der Waals surface area contributed by atoms with Gasteiger partial charge in [-0.1, -0.05) is 11.6 Å². The SMILES string of the molecule is C[C@H]1Oc2c(ncnc2Oc2cc(C(=O)Nc3cc(N4CCN(C)CC4)cc(C(F)(F)F)c3)ccc2Cl)NC1=O. The van der Waals surface area contributed by atoms with Gasteiger partial charge in [0.25, 0.3) is 17.7 Å². The molecule has 2 aromatic carbocycles. The van der Waals surface area contributed by atoms with E-state index in [2.05, 4.69) is 25.5 Å². The molecule has 1 atom stereocenters. The molecule has 2 aliphatic rings. The number of ether oxygens (including phenoxy) is 2. The van der Waals surface area contributed by atoms with Crippen LogP contribution in [-0.2, 0) is 11.0 Å². The summed E-state index contributed by atoms with van der Waals surface area (Å²) in [6.07, 6.45) is -4.26. The molecular weight excluding hydrogens is 553 g/mol. The Labute approximate surface area is 232 Å². The summed E-state index contributed by atoms with van der Waals surface area (Å²) in [5, 5.41) is 5.26. The molecule has 40 heavy (non-hydrogen) atoms. The van der Waals surface area contributed by atoms with Crippen molar-refractivity contribution in [3.63, 3.8) is 0 Å². The Morgan fingerprint density at radius 1 is 1.15 bits per heavy atom. The predicted octanol–water partition coefficient (Wildman–Crippen LogP) is 4.66. The lowest BCUT2D eigenvalue weighted by Crippen LogP contribution is -2.44. The molecule has 0 saturated carbocycles. The van der Waals surface area contributed by atoms with E-state index in [4.69, 9.17) is 21.1 Å². The predicted molar refractivity (Wildman–Crippen MR) is 141 cm³/mol. The van der Waals surface area contributed by atoms with E-state index >= 15 is 0 Å². The van der Waals surface area contributed by atoms with Crippen molar-refractivity contribution in [3.05, 3.63) is 58.9 Å². The fourth-order valence-corrected chi connectivity index (χ4v) is 4.35. The van der Waals surface area contributed by atoms with Crippen molar-refractivity contribution in [2.75, 3.05) is 48.8 Å². The minimum atomic E-state index is -4.60. The molecule has 0 bridgehead atoms. The van der Waals surface area contributed by atoms with Crippen molar-refractivity contribution >= 4 is 40.6 Å². The van der Waals surface area contributed by atoms with Gasteiger partial charge in [0.15, 0.2) is 11.9 Å². The number of aromatic nitrogens is 2. The number of halogens is 4. The van der Waals surface area contributed by atoms with Gasteiger partial charge in [-0.2, -0.15) is 18.2 Å². The number of carbonyl (C=O) groups is 2. The molecule has 2 aliphatic heterocycles. The zero-order valence-electron chi connectivity index (χ0n) is 21.4. The van der Waals surface area contributed by atoms with Crippen molar-refractivity contribution in [1.29, 1.82) is 0 Å². The van der Waals surface area contributed by atoms with Crippen LogP contribution in [-0.4, -0.2) is 66.0 Å². The first kappa shape index (κ1) is 27.5. The van der Waals surface area contributed by atoms with Crippen LogP contribution in [0.2, 0.25) is 5.02 Å². The Bertz CT molecular complexity index is 1460. The van der Waals surface area contributed by atoms with Gasteiger partial charge < -0.3 is 29.9 Å². The van der Waals surface area contributed by atoms with Gasteiger partial charge in [0, 0.05) is 43.1 Å². The van der Waals surface area contributed by atoms with Gasteiger partial charge in [-0.3, -0.25) is 9.59 Å². The summed E-state index contributed by atoms with van der Waals surface area (Å²) in [4.78, 5) is 36.9. The van der Waals surface area contributed by atoms with Crippen LogP contribution in [0.15, 0.2) is 42.7 Å². The lowest BCUT2D eigenvalue weighted by atomic mass is 10.1. The molecule has 14 heteroatoms. The summed E-state index contributed by atoms with van der Waals surface area (Å²) < 4.78 is 52.5. The molecule has 2 amide bonds. The number of rotatable bonds is 5. The third kappa shape index (κ3) is 5.89. The molecule has 10 nitrogen and oxygen atoms in total. The third-order valence-electron chi connectivity index (χ3n) is 6.45. The van der Waals surface area contributed by atoms with Crippen LogP contribution >= 0.6 is 11.6 Å². The second-order valence-corrected chi connectivity index (χ2v) is 9.77. The third-order valence-corrected chi connectivity index (χ3v) is 6.76. The Balaban J connectivity index is 1.40. The van der Waals surface area contributed by atoms with E-state index < -0.39 is 23.8 Å². The minimum Gasteiger partial charge on any atom is -0.472 e. The fourth-order valence-electron chi connectivity index (χ4n) is 4.20. The van der Waals surface area contributed by atoms with Gasteiger partial charge in [-0.05, 0) is 50.4 Å². The molecule has 1 fully saturated rings. The molecule has 210 valence electrons. The molecule has 0 radical (unpaired) electrons. The summed E-state index contributed by atoms with van der Waals surface area (Å²) in [6.45, 7) is 4.06. The molecule has 3 heterocycles. The molecule has 0 aliphatic carbocycles. The lowest BCUT2D eigenvalue weighted by molar-refractivity contribution is -0.137. The summed E-state index contributed by atoms with van der Waals surface area (Å²) >= 11 is 6.29. The van der Waals surface area contributed by atoms with E-state index in [0.29, 0.717) is 31.9 Å². The lowest BCUT2D eigenvalue weighted by Gasteiger charge is -2.34. The number of piperazine rings is 1. The molecule has 1 saturated heterocycles. The maximum absolute atomic E-state index is 13.7. The Hall–Kier alpha value is -4.10. The minimum absolute atomic E-state index is 0.00540. The van der Waals surface area contributed by atoms with Crippen molar-refractivity contribution in [3.8, 4) is 17.4 Å². The quantitative estimate of drug-likeness (QED) is 0.451. The normalized spacial score (nSPS) is 17.5. The zero-order valence-corrected chi connectivity index (χ0v) is 22.1. The standard InChI is InChI=1S/C26H24ClF3N6O4/c1-14-23(37)34-22-21(39-14)25(32-13-31-22)40-20-9-15(3-4-19(20)27)24(38)33-17-10-16(26(28,29)30)11-18(12-17)36-7-5-35(2)6-8-36/h3-4,9-14H,5-8H2,1-2H3,(H,33,38)(H,31,32,34,37)/t14-/m1/s1. The van der Waals surface area contributed by atoms with E-state index in [1.54, 1.807) is 0 Å². The van der Waals surface area contributed by atoms with Crippen LogP contribution in [0.3, 0.4) is 0 Å². The van der Waals surface area contributed by atoms with E-state index in [-0.39, 0.29) is 45.4 Å². The van der Waals surface area contributed by atoms with Crippen LogP contribution in [0.4, 0.5) is 30.4 Å². The monoisotopic (exact) mass is 576 g/mol. The van der Waals surface area contributed by atoms with Crippen molar-refractivity contribution in [2.24, 2.45) is 0 Å². The van der Waals surface area contributed by atoms with Gasteiger partial charge in [-0.15, -0.1) is 0 Å². The molecular formula is C26H24ClF3N6O4. The van der Waals surface area contributed by atoms with E-state index in [1.165, 1.54) is 31.2 Å². The first-order valence-corrected chi connectivity index (χ1v) is 12.6. The van der Waals surface area contributed by atoms with Gasteiger partial charge >= 0.3 is 6.18 Å². The number of alkyl halides is 3. The molecule has 0 spiro atoms. The summed E-state index contributed by atoms with van der Waals surface area (Å²) in [5.41, 5.74) is -0.430. The maximum atomic E-state index is 13.7. The second kappa shape index (κ2) is 10.8. The average molecular weight is 577 g/mol. The number of carbonyl (C=O) groups excluding carboxylic acids is 2. The molecule has 5 rings (SSSR count). The number of hydrogen-bond acceptors (Lipinski definition) is 8. The topological polar surface area (TPSA) is 109 Å². The van der Waals surface area contributed by atoms with Crippen LogP contribution < -0.4 is 25.0 Å². The number of hydrogen-bond donors (Lipinski definition) is 2. The van der Waals surface area contributed by atoms with E-state index in [0.717, 1.165) is 18.5 Å². The number of fused-ring (bicyclic) bond motifs is 1. The number of anilines is 3. The van der Waals surface area contributed by atoms with Gasteiger partial charge in [-0.25, -0.2) is 4.98 Å². The van der Waals surface area contributed by atoms with Gasteiger partial charge in [0.2, 0.25) is 5.75 Å². The Kier molecular flexibility index (Phi) is 7.43. The maximum Gasteiger partial charge on any atom is 0.416 e. The highest BCUT2D eigenvalue weighted by molar-refractivity contribution is 6.32. The van der Waals surface area contributed by atoms with Crippen LogP contribution in [0, 0.1) is 0 Å². The highest BCUT2D eigenvalue weighted by atomic mass is 35.5. The van der Waals surface area contributed by atoms with Crippen LogP contribution in [0.1, 0.15) is 22.8 Å². The zero-order chi connectivity index (χ0) is 28.6. The van der Waals surface area contributed by atoms with Crippen molar-refractivity contribution in [1.82, 2.24) is 14.9 Å². The summed E-state index contributed by atoms with van der Waals surface area (Å²) in [6, 6.07) is 7.64. The highest BCUT2D eigenvalue weighted by Crippen LogP contribution is 2.40. The number of nitrogens with zero attached hydrogens (tertiary/aromatic N) is 4. The first-order valence-electron chi connectivity index (χ1n) is 12.2. The largest absolute Gasteiger partial charge is 0.472 e. The number of amides is 2. The molecule has 2 N–H and O–H groups in total. The van der Waals surface area contributed by atoms with Crippen molar-refractivity contribution < 1.29 is 32.2 Å². The molecule has 0 unspecified atom stereocenters. The van der Waals surface area contributed by atoms with Crippen LogP contribution in [0.25, 0.3) is 0 Å². The number of benzene rings is 2. The van der Waals surface area contributed by atoms with Gasteiger partial charge in [0.05, 0.1) is 10.6 Å². The average Bonchev–Trinajstić information content (AvgIpc) is 2.90. The van der Waals surface area contributed by atoms with E-state index in [1.807, 2.05) is 11.9 Å². The van der Waals surface area contributed by atoms with E-state index in [9.17, 15) is 22.8 Å². The Morgan fingerprint density at radius 3 is 2.62 bits per heavy atom. The summed E-state index contributed by atoms with van der Waals surface area (Å²) in [7, 11) is 1.95. The number of likely N-dealkylation sites (N-methyl/N-ethyl adjacent to an activating group) is 1. The fraction of sp³-hybridized carbons (Fsp3) is 0.308. The second-order valence-electron chi connectivity index (χ2n) is 9.36.